The number of aromatic nitrogens is 1. The van der Waals surface area contributed by atoms with Crippen LogP contribution in [-0.4, -0.2) is 10.9 Å². The first kappa shape index (κ1) is 15.8. The first-order chi connectivity index (χ1) is 11.6. The van der Waals surface area contributed by atoms with E-state index >= 15 is 0 Å². The third-order valence-electron chi connectivity index (χ3n) is 4.30. The lowest BCUT2D eigenvalue weighted by Crippen LogP contribution is -2.15. The molecule has 0 fully saturated rings. The van der Waals surface area contributed by atoms with Gasteiger partial charge in [0.15, 0.2) is 0 Å². The molecule has 0 saturated heterocycles. The number of nitrogens with one attached hydrogen (secondary N) is 1. The number of carbonyl (C=O) groups excluding carboxylic acids is 1. The van der Waals surface area contributed by atoms with E-state index in [0.717, 1.165) is 50.7 Å². The highest BCUT2D eigenvalue weighted by Crippen LogP contribution is 2.32. The van der Waals surface area contributed by atoms with Gasteiger partial charge in [-0.25, -0.2) is 0 Å². The van der Waals surface area contributed by atoms with Crippen LogP contribution in [-0.2, 0) is 12.8 Å². The van der Waals surface area contributed by atoms with E-state index < -0.39 is 0 Å². The van der Waals surface area contributed by atoms with E-state index in [0.29, 0.717) is 10.6 Å². The maximum atomic E-state index is 13.0. The van der Waals surface area contributed by atoms with E-state index in [9.17, 15) is 4.79 Å². The fraction of sp³-hybridized carbons (Fsp3) is 0.158. The van der Waals surface area contributed by atoms with Crippen LogP contribution in [0.1, 0.15) is 28.0 Å². The van der Waals surface area contributed by atoms with Crippen molar-refractivity contribution >= 4 is 56.7 Å². The Morgan fingerprint density at radius 2 is 1.92 bits per heavy atom. The maximum Gasteiger partial charge on any atom is 0.256 e. The lowest BCUT2D eigenvalue weighted by molar-refractivity contribution is 0.102. The van der Waals surface area contributed by atoms with Gasteiger partial charge in [0.1, 0.15) is 0 Å². The number of amides is 1. The van der Waals surface area contributed by atoms with Crippen LogP contribution in [0.25, 0.3) is 10.9 Å². The van der Waals surface area contributed by atoms with Crippen molar-refractivity contribution in [1.29, 1.82) is 0 Å². The quantitative estimate of drug-likeness (QED) is 0.545. The van der Waals surface area contributed by atoms with E-state index in [1.165, 1.54) is 0 Å². The molecule has 3 aromatic rings. The molecule has 4 rings (SSSR count). The summed E-state index contributed by atoms with van der Waals surface area (Å²) in [5.41, 5.74) is 4.44. The molecule has 0 radical (unpaired) electrons. The number of rotatable bonds is 2. The largest absolute Gasteiger partial charge is 0.322 e. The topological polar surface area (TPSA) is 42.0 Å². The SMILES string of the molecule is O=C(Nc1ccc(I)cc1)c1c2c(nc3ccc(Cl)cc13)CCC2. The number of halogens is 2. The zero-order valence-electron chi connectivity index (χ0n) is 12.8. The summed E-state index contributed by atoms with van der Waals surface area (Å²) in [5.74, 6) is -0.0935. The van der Waals surface area contributed by atoms with Gasteiger partial charge in [-0.2, -0.15) is 0 Å². The second-order valence-corrected chi connectivity index (χ2v) is 7.57. The molecule has 1 N–H and O–H groups in total. The zero-order chi connectivity index (χ0) is 16.7. The normalized spacial score (nSPS) is 13.1. The third kappa shape index (κ3) is 2.89. The Kier molecular flexibility index (Phi) is 4.18. The summed E-state index contributed by atoms with van der Waals surface area (Å²) < 4.78 is 1.13. The van der Waals surface area contributed by atoms with Crippen LogP contribution in [0.15, 0.2) is 42.5 Å². The maximum absolute atomic E-state index is 13.0. The van der Waals surface area contributed by atoms with Crippen molar-refractivity contribution in [2.24, 2.45) is 0 Å². The van der Waals surface area contributed by atoms with Crippen LogP contribution in [0.2, 0.25) is 5.02 Å². The minimum absolute atomic E-state index is 0.0935. The zero-order valence-corrected chi connectivity index (χ0v) is 15.7. The smallest absolute Gasteiger partial charge is 0.256 e. The van der Waals surface area contributed by atoms with Gasteiger partial charge in [-0.3, -0.25) is 9.78 Å². The Balaban J connectivity index is 1.83. The number of fused-ring (bicyclic) bond motifs is 2. The van der Waals surface area contributed by atoms with Crippen LogP contribution < -0.4 is 5.32 Å². The summed E-state index contributed by atoms with van der Waals surface area (Å²) in [7, 11) is 0. The molecule has 1 aromatic heterocycles. The van der Waals surface area contributed by atoms with Crippen molar-refractivity contribution in [3.8, 4) is 0 Å². The van der Waals surface area contributed by atoms with E-state index in [-0.39, 0.29) is 5.91 Å². The Labute approximate surface area is 158 Å². The molecule has 5 heteroatoms. The fourth-order valence-corrected chi connectivity index (χ4v) is 3.75. The molecule has 0 bridgehead atoms. The molecule has 0 unspecified atom stereocenters. The molecule has 0 saturated carbocycles. The Bertz CT molecular complexity index is 954. The minimum Gasteiger partial charge on any atom is -0.322 e. The number of anilines is 1. The molecular weight excluding hydrogens is 435 g/mol. The molecule has 0 aliphatic heterocycles. The molecule has 1 aliphatic rings. The van der Waals surface area contributed by atoms with Gasteiger partial charge in [0.05, 0.1) is 11.1 Å². The van der Waals surface area contributed by atoms with Gasteiger partial charge in [-0.15, -0.1) is 0 Å². The highest BCUT2D eigenvalue weighted by atomic mass is 127. The van der Waals surface area contributed by atoms with Crippen LogP contribution >= 0.6 is 34.2 Å². The van der Waals surface area contributed by atoms with Gasteiger partial charge in [0.2, 0.25) is 0 Å². The number of nitrogens with zero attached hydrogens (tertiary/aromatic N) is 1. The van der Waals surface area contributed by atoms with Crippen LogP contribution in [0.3, 0.4) is 0 Å². The fourth-order valence-electron chi connectivity index (χ4n) is 3.22. The monoisotopic (exact) mass is 448 g/mol. The van der Waals surface area contributed by atoms with E-state index in [1.54, 1.807) is 0 Å². The van der Waals surface area contributed by atoms with Gasteiger partial charge < -0.3 is 5.32 Å². The van der Waals surface area contributed by atoms with Gasteiger partial charge in [0, 0.05) is 25.4 Å². The number of hydrogen-bond acceptors (Lipinski definition) is 2. The Morgan fingerprint density at radius 3 is 2.71 bits per heavy atom. The molecule has 1 amide bonds. The van der Waals surface area contributed by atoms with Gasteiger partial charge in [-0.1, -0.05) is 11.6 Å². The summed E-state index contributed by atoms with van der Waals surface area (Å²) in [6, 6.07) is 13.3. The molecule has 1 aliphatic carbocycles. The van der Waals surface area contributed by atoms with Crippen molar-refractivity contribution in [2.75, 3.05) is 5.32 Å². The number of benzene rings is 2. The summed E-state index contributed by atoms with van der Waals surface area (Å²) in [6.45, 7) is 0. The first-order valence-corrected chi connectivity index (χ1v) is 9.25. The van der Waals surface area contributed by atoms with Crippen LogP contribution in [0.5, 0.6) is 0 Å². The van der Waals surface area contributed by atoms with Gasteiger partial charge in [-0.05, 0) is 89.9 Å². The number of pyridine rings is 1. The number of aryl methyl sites for hydroxylation is 1. The van der Waals surface area contributed by atoms with Crippen molar-refractivity contribution in [1.82, 2.24) is 4.98 Å². The number of hydrogen-bond donors (Lipinski definition) is 1. The van der Waals surface area contributed by atoms with E-state index in [2.05, 4.69) is 27.9 Å². The lowest BCUT2D eigenvalue weighted by Gasteiger charge is -2.13. The molecule has 0 atom stereocenters. The van der Waals surface area contributed by atoms with Crippen molar-refractivity contribution in [2.45, 2.75) is 19.3 Å². The summed E-state index contributed by atoms with van der Waals surface area (Å²) in [4.78, 5) is 17.7. The molecule has 3 nitrogen and oxygen atoms in total. The van der Waals surface area contributed by atoms with Crippen molar-refractivity contribution in [3.63, 3.8) is 0 Å². The predicted octanol–water partition coefficient (Wildman–Crippen LogP) is 5.23. The molecule has 2 aromatic carbocycles. The minimum atomic E-state index is -0.0935. The first-order valence-electron chi connectivity index (χ1n) is 7.80. The predicted molar refractivity (Wildman–Crippen MR) is 106 cm³/mol. The molecule has 120 valence electrons. The summed E-state index contributed by atoms with van der Waals surface area (Å²) in [5, 5.41) is 4.46. The lowest BCUT2D eigenvalue weighted by atomic mass is 10.0. The number of carbonyl (C=O) groups is 1. The summed E-state index contributed by atoms with van der Waals surface area (Å²) in [6.07, 6.45) is 2.86. The second kappa shape index (κ2) is 6.33. The highest BCUT2D eigenvalue weighted by molar-refractivity contribution is 14.1. The van der Waals surface area contributed by atoms with Crippen LogP contribution in [0.4, 0.5) is 5.69 Å². The highest BCUT2D eigenvalue weighted by Gasteiger charge is 2.24. The van der Waals surface area contributed by atoms with Crippen LogP contribution in [0, 0.1) is 3.57 Å². The van der Waals surface area contributed by atoms with Crippen molar-refractivity contribution in [3.05, 3.63) is 67.9 Å². The van der Waals surface area contributed by atoms with Gasteiger partial charge >= 0.3 is 0 Å². The third-order valence-corrected chi connectivity index (χ3v) is 5.26. The Hall–Kier alpha value is -1.66. The second-order valence-electron chi connectivity index (χ2n) is 5.89. The average Bonchev–Trinajstić information content (AvgIpc) is 3.02. The van der Waals surface area contributed by atoms with E-state index in [1.807, 2.05) is 42.5 Å². The summed E-state index contributed by atoms with van der Waals surface area (Å²) >= 11 is 8.41. The molecular formula is C19H14ClIN2O. The molecule has 1 heterocycles. The standard InChI is InChI=1S/C19H14ClIN2O/c20-11-4-9-17-15(10-11)18(14-2-1-3-16(14)23-17)19(24)22-13-7-5-12(21)6-8-13/h4-10H,1-3H2,(H,22,24). The molecule has 0 spiro atoms. The van der Waals surface area contributed by atoms with Gasteiger partial charge in [0.25, 0.3) is 5.91 Å². The Morgan fingerprint density at radius 1 is 1.12 bits per heavy atom. The molecule has 24 heavy (non-hydrogen) atoms. The average molecular weight is 449 g/mol. The van der Waals surface area contributed by atoms with E-state index in [4.69, 9.17) is 16.6 Å². The van der Waals surface area contributed by atoms with Crippen molar-refractivity contribution < 1.29 is 4.79 Å².